The monoisotopic (exact) mass is 440 g/mol. The first kappa shape index (κ1) is 17.5. The van der Waals surface area contributed by atoms with E-state index in [2.05, 4.69) is 49.0 Å². The van der Waals surface area contributed by atoms with Crippen LogP contribution in [0.25, 0.3) is 16.7 Å². The fraction of sp³-hybridized carbons (Fsp3) is 0.250. The number of nitrogens with zero attached hydrogens (tertiary/aromatic N) is 6. The highest BCUT2D eigenvalue weighted by Gasteiger charge is 2.25. The Morgan fingerprint density at radius 2 is 1.96 bits per heavy atom. The average molecular weight is 441 g/mol. The summed E-state index contributed by atoms with van der Waals surface area (Å²) in [5.74, 6) is 1.65. The normalized spacial score (nSPS) is 15.2. The van der Waals surface area contributed by atoms with E-state index in [-0.39, 0.29) is 5.82 Å². The van der Waals surface area contributed by atoms with Crippen molar-refractivity contribution in [3.8, 4) is 0 Å². The molecule has 1 aliphatic heterocycles. The van der Waals surface area contributed by atoms with Gasteiger partial charge in [-0.05, 0) is 44.3 Å². The first-order valence-corrected chi connectivity index (χ1v) is 9.86. The van der Waals surface area contributed by atoms with Crippen LogP contribution in [0.3, 0.4) is 0 Å². The molecule has 0 N–H and O–H groups in total. The van der Waals surface area contributed by atoms with Crippen molar-refractivity contribution >= 4 is 44.1 Å². The fourth-order valence-corrected chi connectivity index (χ4v) is 4.35. The lowest BCUT2D eigenvalue weighted by atomic mass is 10.1. The molecule has 6 nitrogen and oxygen atoms in total. The molecule has 0 atom stereocenters. The first-order chi connectivity index (χ1) is 13.5. The maximum atomic E-state index is 14.2. The summed E-state index contributed by atoms with van der Waals surface area (Å²) in [5, 5.41) is 9.13. The summed E-state index contributed by atoms with van der Waals surface area (Å²) in [4.78, 5) is 9.23. The molecule has 28 heavy (non-hydrogen) atoms. The molecular weight excluding hydrogens is 423 g/mol. The average Bonchev–Trinajstić information content (AvgIpc) is 2.95. The molecule has 4 aromatic rings. The van der Waals surface area contributed by atoms with E-state index in [1.54, 1.807) is 12.1 Å². The molecule has 5 rings (SSSR count). The lowest BCUT2D eigenvalue weighted by Crippen LogP contribution is -2.27. The van der Waals surface area contributed by atoms with Crippen molar-refractivity contribution in [1.82, 2.24) is 24.5 Å². The van der Waals surface area contributed by atoms with E-state index >= 15 is 0 Å². The second-order valence-electron chi connectivity index (χ2n) is 7.11. The molecule has 0 saturated carbocycles. The second kappa shape index (κ2) is 6.49. The van der Waals surface area contributed by atoms with E-state index in [9.17, 15) is 4.39 Å². The van der Waals surface area contributed by atoms with Crippen LogP contribution in [-0.4, -0.2) is 44.6 Å². The molecule has 1 aliphatic rings. The Morgan fingerprint density at radius 3 is 2.82 bits per heavy atom. The number of benzene rings is 2. The van der Waals surface area contributed by atoms with Crippen molar-refractivity contribution in [2.75, 3.05) is 25.0 Å². The molecule has 0 radical (unpaired) electrons. The lowest BCUT2D eigenvalue weighted by Gasteiger charge is -2.25. The summed E-state index contributed by atoms with van der Waals surface area (Å²) in [6.45, 7) is 4.29. The number of aromatic nitrogens is 4. The fourth-order valence-electron chi connectivity index (χ4n) is 3.87. The highest BCUT2D eigenvalue weighted by atomic mass is 79.9. The van der Waals surface area contributed by atoms with Gasteiger partial charge in [0.25, 0.3) is 5.78 Å². The van der Waals surface area contributed by atoms with Crippen molar-refractivity contribution < 1.29 is 4.39 Å². The summed E-state index contributed by atoms with van der Waals surface area (Å²) in [6.07, 6.45) is 0. The molecule has 3 heterocycles. The molecule has 0 fully saturated rings. The third kappa shape index (κ3) is 2.67. The predicted octanol–water partition coefficient (Wildman–Crippen LogP) is 4.07. The quantitative estimate of drug-likeness (QED) is 0.446. The zero-order valence-corrected chi connectivity index (χ0v) is 17.1. The van der Waals surface area contributed by atoms with Gasteiger partial charge in [-0.2, -0.15) is 4.98 Å². The number of rotatable bonds is 1. The third-order valence-electron chi connectivity index (χ3n) is 5.23. The van der Waals surface area contributed by atoms with Crippen LogP contribution in [-0.2, 0) is 6.54 Å². The minimum atomic E-state index is -0.290. The van der Waals surface area contributed by atoms with Crippen LogP contribution in [0.4, 0.5) is 15.9 Å². The summed E-state index contributed by atoms with van der Waals surface area (Å²) in [7, 11) is 2.10. The van der Waals surface area contributed by atoms with Gasteiger partial charge in [-0.15, -0.1) is 10.2 Å². The van der Waals surface area contributed by atoms with Crippen LogP contribution >= 0.6 is 15.9 Å². The predicted molar refractivity (Wildman–Crippen MR) is 110 cm³/mol. The van der Waals surface area contributed by atoms with E-state index in [1.165, 1.54) is 11.6 Å². The molecule has 0 saturated heterocycles. The zero-order chi connectivity index (χ0) is 19.4. The van der Waals surface area contributed by atoms with Crippen LogP contribution in [0.1, 0.15) is 11.4 Å². The van der Waals surface area contributed by atoms with Gasteiger partial charge >= 0.3 is 0 Å². The van der Waals surface area contributed by atoms with E-state index < -0.39 is 0 Å². The van der Waals surface area contributed by atoms with Crippen molar-refractivity contribution in [2.24, 2.45) is 0 Å². The number of fused-ring (bicyclic) bond motifs is 4. The highest BCUT2D eigenvalue weighted by Crippen LogP contribution is 2.37. The van der Waals surface area contributed by atoms with Crippen molar-refractivity contribution in [3.05, 3.63) is 58.1 Å². The van der Waals surface area contributed by atoms with Gasteiger partial charge in [0.15, 0.2) is 0 Å². The van der Waals surface area contributed by atoms with Gasteiger partial charge < -0.3 is 9.80 Å². The van der Waals surface area contributed by atoms with Gasteiger partial charge in [-0.1, -0.05) is 22.0 Å². The summed E-state index contributed by atoms with van der Waals surface area (Å²) >= 11 is 3.69. The van der Waals surface area contributed by atoms with Gasteiger partial charge in [-0.25, -0.2) is 4.39 Å². The zero-order valence-electron chi connectivity index (χ0n) is 15.5. The summed E-state index contributed by atoms with van der Waals surface area (Å²) in [6, 6.07) is 10.9. The maximum absolute atomic E-state index is 14.2. The molecule has 8 heteroatoms. The molecule has 0 bridgehead atoms. The van der Waals surface area contributed by atoms with Crippen LogP contribution in [0.2, 0.25) is 0 Å². The summed E-state index contributed by atoms with van der Waals surface area (Å²) in [5.41, 5.74) is 3.10. The van der Waals surface area contributed by atoms with Gasteiger partial charge in [0.05, 0.1) is 5.52 Å². The smallest absolute Gasteiger partial charge is 0.257 e. The number of hydrogen-bond acceptors (Lipinski definition) is 5. The van der Waals surface area contributed by atoms with Gasteiger partial charge in [0.1, 0.15) is 17.5 Å². The van der Waals surface area contributed by atoms with Crippen LogP contribution in [0.15, 0.2) is 40.9 Å². The summed E-state index contributed by atoms with van der Waals surface area (Å²) < 4.78 is 17.1. The van der Waals surface area contributed by atoms with Gasteiger partial charge in [0.2, 0.25) is 0 Å². The molecule has 0 spiro atoms. The highest BCUT2D eigenvalue weighted by molar-refractivity contribution is 9.10. The molecule has 0 amide bonds. The molecular formula is C20H18BrFN6. The Kier molecular flexibility index (Phi) is 4.06. The Balaban J connectivity index is 1.84. The standard InChI is InChI=1S/C20H18BrFN6/c1-12-24-25-20-23-19(14-10-13(22)6-7-18(14)28(12)20)27-9-8-26(2)11-15-16(21)4-3-5-17(15)27/h3-7,10H,8-9,11H2,1-2H3. The van der Waals surface area contributed by atoms with Gasteiger partial charge in [0, 0.05) is 40.7 Å². The van der Waals surface area contributed by atoms with E-state index in [4.69, 9.17) is 4.98 Å². The SMILES string of the molecule is Cc1nnc2nc(N3CCN(C)Cc4c(Br)cccc43)c3cc(F)ccc3n12. The van der Waals surface area contributed by atoms with E-state index in [1.807, 2.05) is 23.5 Å². The second-order valence-corrected chi connectivity index (χ2v) is 7.96. The number of hydrogen-bond donors (Lipinski definition) is 0. The van der Waals surface area contributed by atoms with Gasteiger partial charge in [-0.3, -0.25) is 4.40 Å². The Morgan fingerprint density at radius 1 is 1.11 bits per heavy atom. The molecule has 2 aromatic carbocycles. The number of aryl methyl sites for hydroxylation is 1. The topological polar surface area (TPSA) is 49.6 Å². The van der Waals surface area contributed by atoms with E-state index in [0.29, 0.717) is 11.6 Å². The first-order valence-electron chi connectivity index (χ1n) is 9.07. The van der Waals surface area contributed by atoms with Crippen molar-refractivity contribution in [3.63, 3.8) is 0 Å². The molecule has 0 aliphatic carbocycles. The minimum Gasteiger partial charge on any atom is -0.324 e. The van der Waals surface area contributed by atoms with Crippen molar-refractivity contribution in [2.45, 2.75) is 13.5 Å². The Labute approximate surface area is 169 Å². The van der Waals surface area contributed by atoms with Crippen LogP contribution in [0, 0.1) is 12.7 Å². The molecule has 142 valence electrons. The maximum Gasteiger partial charge on any atom is 0.257 e. The van der Waals surface area contributed by atoms with Crippen molar-refractivity contribution in [1.29, 1.82) is 0 Å². The molecule has 2 aromatic heterocycles. The lowest BCUT2D eigenvalue weighted by molar-refractivity contribution is 0.343. The largest absolute Gasteiger partial charge is 0.324 e. The Hall–Kier alpha value is -2.58. The number of anilines is 2. The Bertz CT molecular complexity index is 1220. The third-order valence-corrected chi connectivity index (χ3v) is 5.97. The number of likely N-dealkylation sites (N-methyl/N-ethyl adjacent to an activating group) is 1. The van der Waals surface area contributed by atoms with Crippen LogP contribution < -0.4 is 4.90 Å². The minimum absolute atomic E-state index is 0.290. The van der Waals surface area contributed by atoms with E-state index in [0.717, 1.165) is 46.5 Å². The molecule has 0 unspecified atom stereocenters. The van der Waals surface area contributed by atoms with Crippen LogP contribution in [0.5, 0.6) is 0 Å². The number of halogens is 2.